The maximum atomic E-state index is 2.50. The number of rotatable bonds is 7. The average molecular weight is 210 g/mol. The van der Waals surface area contributed by atoms with Gasteiger partial charge in [-0.15, -0.1) is 0 Å². The average Bonchev–Trinajstić information content (AvgIpc) is 2.83. The second kappa shape index (κ2) is 5.37. The largest absolute Gasteiger partial charge is 0.0654 e. The van der Waals surface area contributed by atoms with Gasteiger partial charge in [-0.25, -0.2) is 0 Å². The molecule has 0 aromatic carbocycles. The molecule has 0 aromatic rings. The predicted molar refractivity (Wildman–Crippen MR) is 69.0 cm³/mol. The molecule has 90 valence electrons. The molecule has 0 aliphatic heterocycles. The molecule has 3 unspecified atom stereocenters. The molecule has 0 heterocycles. The zero-order valence-electron chi connectivity index (χ0n) is 11.5. The van der Waals surface area contributed by atoms with Crippen LogP contribution < -0.4 is 0 Å². The van der Waals surface area contributed by atoms with Gasteiger partial charge in [0.05, 0.1) is 0 Å². The molecule has 1 aliphatic rings. The van der Waals surface area contributed by atoms with Crippen LogP contribution in [0.5, 0.6) is 0 Å². The monoisotopic (exact) mass is 210 g/mol. The van der Waals surface area contributed by atoms with Crippen molar-refractivity contribution >= 4 is 0 Å². The van der Waals surface area contributed by atoms with Crippen LogP contribution in [0.1, 0.15) is 73.1 Å². The molecule has 0 spiro atoms. The molecule has 3 atom stereocenters. The summed E-state index contributed by atoms with van der Waals surface area (Å²) in [5, 5.41) is 0. The number of unbranched alkanes of at least 4 members (excludes halogenated alkanes) is 2. The second-order valence-corrected chi connectivity index (χ2v) is 6.34. The Balaban J connectivity index is 2.42. The van der Waals surface area contributed by atoms with Gasteiger partial charge in [0.2, 0.25) is 0 Å². The number of hydrogen-bond acceptors (Lipinski definition) is 0. The highest BCUT2D eigenvalue weighted by Gasteiger charge is 2.44. The van der Waals surface area contributed by atoms with E-state index in [1.165, 1.54) is 38.5 Å². The van der Waals surface area contributed by atoms with Crippen molar-refractivity contribution < 1.29 is 0 Å². The molecule has 0 amide bonds. The van der Waals surface area contributed by atoms with Gasteiger partial charge in [0.25, 0.3) is 0 Å². The first-order chi connectivity index (χ1) is 7.03. The van der Waals surface area contributed by atoms with Gasteiger partial charge < -0.3 is 0 Å². The summed E-state index contributed by atoms with van der Waals surface area (Å²) in [6, 6.07) is 0. The van der Waals surface area contributed by atoms with E-state index in [0.29, 0.717) is 5.41 Å². The van der Waals surface area contributed by atoms with Crippen LogP contribution >= 0.6 is 0 Å². The molecule has 0 radical (unpaired) electrons. The van der Waals surface area contributed by atoms with E-state index in [1.807, 2.05) is 0 Å². The first kappa shape index (κ1) is 13.1. The van der Waals surface area contributed by atoms with Gasteiger partial charge in [-0.1, -0.05) is 60.3 Å². The molecule has 0 bridgehead atoms. The Morgan fingerprint density at radius 1 is 1.20 bits per heavy atom. The smallest absolute Gasteiger partial charge is 0.0323 e. The molecule has 0 nitrogen and oxygen atoms in total. The first-order valence-electron chi connectivity index (χ1n) is 7.03. The van der Waals surface area contributed by atoms with E-state index in [4.69, 9.17) is 0 Å². The summed E-state index contributed by atoms with van der Waals surface area (Å²) < 4.78 is 0. The maximum Gasteiger partial charge on any atom is -0.0323 e. The van der Waals surface area contributed by atoms with Gasteiger partial charge in [-0.05, 0) is 36.0 Å². The summed E-state index contributed by atoms with van der Waals surface area (Å²) in [6.45, 7) is 12.1. The van der Waals surface area contributed by atoms with Gasteiger partial charge in [0.15, 0.2) is 0 Å². The fourth-order valence-corrected chi connectivity index (χ4v) is 3.36. The zero-order valence-corrected chi connectivity index (χ0v) is 11.5. The minimum Gasteiger partial charge on any atom is -0.0654 e. The lowest BCUT2D eigenvalue weighted by Crippen LogP contribution is -2.25. The van der Waals surface area contributed by atoms with Gasteiger partial charge in [-0.2, -0.15) is 0 Å². The van der Waals surface area contributed by atoms with E-state index >= 15 is 0 Å². The predicted octanol–water partition coefficient (Wildman–Crippen LogP) is 5.28. The molecule has 1 saturated carbocycles. The fraction of sp³-hybridized carbons (Fsp3) is 1.00. The zero-order chi connectivity index (χ0) is 11.5. The molecule has 0 saturated heterocycles. The maximum absolute atomic E-state index is 2.50. The van der Waals surface area contributed by atoms with Gasteiger partial charge in [0.1, 0.15) is 0 Å². The van der Waals surface area contributed by atoms with Crippen LogP contribution in [0.3, 0.4) is 0 Å². The summed E-state index contributed by atoms with van der Waals surface area (Å²) in [4.78, 5) is 0. The Labute approximate surface area is 96.8 Å². The van der Waals surface area contributed by atoms with Crippen molar-refractivity contribution in [1.82, 2.24) is 0 Å². The molecule has 1 rings (SSSR count). The molecule has 1 aliphatic carbocycles. The Bertz CT molecular complexity index is 180. The van der Waals surface area contributed by atoms with Crippen molar-refractivity contribution in [2.24, 2.45) is 23.2 Å². The Kier molecular flexibility index (Phi) is 4.67. The lowest BCUT2D eigenvalue weighted by atomic mass is 9.71. The van der Waals surface area contributed by atoms with Crippen LogP contribution in [0, 0.1) is 23.2 Å². The SMILES string of the molecule is CCCCCC(C)(C)C(CC)C1CC1C. The quantitative estimate of drug-likeness (QED) is 0.502. The molecule has 1 fully saturated rings. The van der Waals surface area contributed by atoms with Crippen molar-refractivity contribution in [3.05, 3.63) is 0 Å². The van der Waals surface area contributed by atoms with Crippen molar-refractivity contribution in [1.29, 1.82) is 0 Å². The molecule has 15 heavy (non-hydrogen) atoms. The van der Waals surface area contributed by atoms with Crippen LogP contribution in [0.15, 0.2) is 0 Å². The number of hydrogen-bond donors (Lipinski definition) is 0. The van der Waals surface area contributed by atoms with E-state index in [0.717, 1.165) is 17.8 Å². The molecular formula is C15H30. The normalized spacial score (nSPS) is 27.8. The third-order valence-electron chi connectivity index (χ3n) is 4.56. The lowest BCUT2D eigenvalue weighted by molar-refractivity contribution is 0.154. The minimum atomic E-state index is 0.583. The summed E-state index contributed by atoms with van der Waals surface area (Å²) in [5.74, 6) is 3.04. The van der Waals surface area contributed by atoms with Gasteiger partial charge in [-0.3, -0.25) is 0 Å². The van der Waals surface area contributed by atoms with Crippen molar-refractivity contribution in [2.45, 2.75) is 73.1 Å². The molecule has 0 aromatic heterocycles. The highest BCUT2D eigenvalue weighted by Crippen LogP contribution is 2.53. The van der Waals surface area contributed by atoms with Crippen molar-refractivity contribution in [3.8, 4) is 0 Å². The Morgan fingerprint density at radius 2 is 1.80 bits per heavy atom. The fourth-order valence-electron chi connectivity index (χ4n) is 3.36. The van der Waals surface area contributed by atoms with Crippen LogP contribution in [0.2, 0.25) is 0 Å². The van der Waals surface area contributed by atoms with E-state index in [2.05, 4.69) is 34.6 Å². The Hall–Kier alpha value is 0. The standard InChI is InChI=1S/C15H30/c1-6-8-9-10-15(4,5)14(7-2)13-11-12(13)3/h12-14H,6-11H2,1-5H3. The molecular weight excluding hydrogens is 180 g/mol. The second-order valence-electron chi connectivity index (χ2n) is 6.34. The van der Waals surface area contributed by atoms with Crippen LogP contribution in [0.4, 0.5) is 0 Å². The van der Waals surface area contributed by atoms with E-state index < -0.39 is 0 Å². The highest BCUT2D eigenvalue weighted by atomic mass is 14.5. The van der Waals surface area contributed by atoms with Crippen molar-refractivity contribution in [3.63, 3.8) is 0 Å². The van der Waals surface area contributed by atoms with Crippen LogP contribution in [-0.4, -0.2) is 0 Å². The van der Waals surface area contributed by atoms with Crippen LogP contribution in [-0.2, 0) is 0 Å². The summed E-state index contributed by atoms with van der Waals surface area (Å²) in [6.07, 6.45) is 8.51. The summed E-state index contributed by atoms with van der Waals surface area (Å²) in [7, 11) is 0. The van der Waals surface area contributed by atoms with Gasteiger partial charge >= 0.3 is 0 Å². The van der Waals surface area contributed by atoms with Crippen molar-refractivity contribution in [2.75, 3.05) is 0 Å². The topological polar surface area (TPSA) is 0 Å². The van der Waals surface area contributed by atoms with E-state index in [-0.39, 0.29) is 0 Å². The van der Waals surface area contributed by atoms with E-state index in [9.17, 15) is 0 Å². The Morgan fingerprint density at radius 3 is 2.20 bits per heavy atom. The van der Waals surface area contributed by atoms with E-state index in [1.54, 1.807) is 0 Å². The minimum absolute atomic E-state index is 0.583. The molecule has 0 N–H and O–H groups in total. The summed E-state index contributed by atoms with van der Waals surface area (Å²) in [5.41, 5.74) is 0.583. The summed E-state index contributed by atoms with van der Waals surface area (Å²) >= 11 is 0. The highest BCUT2D eigenvalue weighted by molar-refractivity contribution is 4.93. The van der Waals surface area contributed by atoms with Crippen LogP contribution in [0.25, 0.3) is 0 Å². The first-order valence-corrected chi connectivity index (χ1v) is 7.03. The third-order valence-corrected chi connectivity index (χ3v) is 4.56. The molecule has 0 heteroatoms. The lowest BCUT2D eigenvalue weighted by Gasteiger charge is -2.34. The van der Waals surface area contributed by atoms with Gasteiger partial charge in [0, 0.05) is 0 Å². The third kappa shape index (κ3) is 3.50.